The van der Waals surface area contributed by atoms with Crippen LogP contribution in [0.5, 0.6) is 0 Å². The summed E-state index contributed by atoms with van der Waals surface area (Å²) < 4.78 is 14.7. The fraction of sp³-hybridized carbons (Fsp3) is 0.0455. The van der Waals surface area contributed by atoms with Gasteiger partial charge >= 0.3 is 6.09 Å². The lowest BCUT2D eigenvalue weighted by Crippen LogP contribution is -2.11. The zero-order chi connectivity index (χ0) is 22.2. The molecule has 3 aromatic heterocycles. The molecule has 0 radical (unpaired) electrons. The smallest absolute Gasteiger partial charge is 0.411 e. The van der Waals surface area contributed by atoms with E-state index in [2.05, 4.69) is 30.5 Å². The van der Waals surface area contributed by atoms with E-state index in [0.717, 1.165) is 10.9 Å². The van der Waals surface area contributed by atoms with Crippen LogP contribution in [0.4, 0.5) is 15.1 Å². The molecule has 0 saturated heterocycles. The van der Waals surface area contributed by atoms with Crippen LogP contribution in [0.1, 0.15) is 11.3 Å². The van der Waals surface area contributed by atoms with Gasteiger partial charge in [-0.05, 0) is 35.9 Å². The Bertz CT molecular complexity index is 1560. The molecule has 0 spiro atoms. The quantitative estimate of drug-likeness (QED) is 0.343. The maximum atomic E-state index is 14.7. The molecule has 3 heterocycles. The Morgan fingerprint density at radius 3 is 2.69 bits per heavy atom. The molecule has 158 valence electrons. The van der Waals surface area contributed by atoms with E-state index in [-0.39, 0.29) is 22.7 Å². The lowest BCUT2D eigenvalue weighted by molar-refractivity contribution is 0.209. The number of nitrogens with one attached hydrogen (secondary N) is 3. The molecule has 5 rings (SSSR count). The summed E-state index contributed by atoms with van der Waals surface area (Å²) in [7, 11) is 0. The standard InChI is InChI=1S/C22H15FN6O3/c23-15-6-5-11(10-18-12-3-1-2-4-13(12)20(30)29-28-18)9-14(15)16-7-8-17-19(24-16)26-21(25-17)27-22(31)32/h1-9H,10H2,(H,29,30)(H,31,32)(H2,24,25,26,27). The average molecular weight is 430 g/mol. The maximum Gasteiger partial charge on any atom is 0.411 e. The topological polar surface area (TPSA) is 137 Å². The summed E-state index contributed by atoms with van der Waals surface area (Å²) in [4.78, 5) is 34.0. The first-order chi connectivity index (χ1) is 15.5. The number of carbonyl (C=O) groups is 1. The number of pyridine rings is 1. The van der Waals surface area contributed by atoms with E-state index >= 15 is 0 Å². The molecule has 10 heteroatoms. The summed E-state index contributed by atoms with van der Waals surface area (Å²) in [6.45, 7) is 0. The summed E-state index contributed by atoms with van der Waals surface area (Å²) in [5.41, 5.74) is 2.57. The van der Waals surface area contributed by atoms with E-state index in [4.69, 9.17) is 5.11 Å². The molecule has 32 heavy (non-hydrogen) atoms. The number of halogens is 1. The normalized spacial score (nSPS) is 11.2. The molecule has 0 unspecified atom stereocenters. The van der Waals surface area contributed by atoms with Crippen molar-refractivity contribution in [1.29, 1.82) is 0 Å². The zero-order valence-corrected chi connectivity index (χ0v) is 16.4. The lowest BCUT2D eigenvalue weighted by Gasteiger charge is -2.08. The van der Waals surface area contributed by atoms with Crippen LogP contribution in [0.2, 0.25) is 0 Å². The number of aromatic amines is 2. The van der Waals surface area contributed by atoms with Crippen molar-refractivity contribution in [3.8, 4) is 11.3 Å². The van der Waals surface area contributed by atoms with Crippen molar-refractivity contribution in [3.05, 3.63) is 82.0 Å². The summed E-state index contributed by atoms with van der Waals surface area (Å²) >= 11 is 0. The van der Waals surface area contributed by atoms with Gasteiger partial charge in [-0.2, -0.15) is 10.1 Å². The van der Waals surface area contributed by atoms with Crippen molar-refractivity contribution < 1.29 is 14.3 Å². The molecular formula is C22H15FN6O3. The Labute approximate surface area is 179 Å². The van der Waals surface area contributed by atoms with Crippen LogP contribution in [0.15, 0.2) is 59.4 Å². The molecule has 0 aliphatic rings. The van der Waals surface area contributed by atoms with Gasteiger partial charge in [-0.1, -0.05) is 24.3 Å². The first-order valence-electron chi connectivity index (χ1n) is 9.60. The molecule has 0 atom stereocenters. The largest absolute Gasteiger partial charge is 0.465 e. The minimum absolute atomic E-state index is 0.0300. The second-order valence-electron chi connectivity index (χ2n) is 7.12. The zero-order valence-electron chi connectivity index (χ0n) is 16.4. The summed E-state index contributed by atoms with van der Waals surface area (Å²) in [6, 6.07) is 15.1. The molecule has 5 aromatic rings. The number of anilines is 1. The molecule has 0 fully saturated rings. The second-order valence-corrected chi connectivity index (χ2v) is 7.12. The number of H-pyrrole nitrogens is 2. The van der Waals surface area contributed by atoms with Crippen molar-refractivity contribution in [2.24, 2.45) is 0 Å². The monoisotopic (exact) mass is 430 g/mol. The Kier molecular flexibility index (Phi) is 4.59. The molecule has 9 nitrogen and oxygen atoms in total. The van der Waals surface area contributed by atoms with Gasteiger partial charge < -0.3 is 10.1 Å². The Balaban J connectivity index is 1.53. The van der Waals surface area contributed by atoms with Crippen LogP contribution >= 0.6 is 0 Å². The SMILES string of the molecule is O=C(O)Nc1nc2nc(-c3cc(Cc4n[nH]c(=O)c5ccccc45)ccc3F)ccc2[nH]1. The Morgan fingerprint density at radius 1 is 1.06 bits per heavy atom. The fourth-order valence-corrected chi connectivity index (χ4v) is 3.58. The number of fused-ring (bicyclic) bond motifs is 2. The molecule has 0 aliphatic carbocycles. The third kappa shape index (κ3) is 3.54. The summed E-state index contributed by atoms with van der Waals surface area (Å²) in [5.74, 6) is -0.429. The van der Waals surface area contributed by atoms with Crippen molar-refractivity contribution in [3.63, 3.8) is 0 Å². The van der Waals surface area contributed by atoms with Crippen LogP contribution < -0.4 is 10.9 Å². The number of imidazole rings is 1. The number of benzene rings is 2. The van der Waals surface area contributed by atoms with Gasteiger partial charge in [0.1, 0.15) is 5.82 Å². The first kappa shape index (κ1) is 19.4. The minimum Gasteiger partial charge on any atom is -0.465 e. The van der Waals surface area contributed by atoms with Gasteiger partial charge in [0.15, 0.2) is 5.65 Å². The van der Waals surface area contributed by atoms with Gasteiger partial charge in [-0.15, -0.1) is 0 Å². The maximum absolute atomic E-state index is 14.7. The van der Waals surface area contributed by atoms with Gasteiger partial charge in [0.2, 0.25) is 5.95 Å². The summed E-state index contributed by atoms with van der Waals surface area (Å²) in [6.07, 6.45) is -0.881. The van der Waals surface area contributed by atoms with E-state index in [0.29, 0.717) is 28.7 Å². The fourth-order valence-electron chi connectivity index (χ4n) is 3.58. The van der Waals surface area contributed by atoms with Crippen molar-refractivity contribution in [2.45, 2.75) is 6.42 Å². The Hall–Kier alpha value is -4.60. The van der Waals surface area contributed by atoms with Crippen LogP contribution in [0.25, 0.3) is 33.2 Å². The van der Waals surface area contributed by atoms with Gasteiger partial charge in [0, 0.05) is 17.4 Å². The number of hydrogen-bond acceptors (Lipinski definition) is 5. The van der Waals surface area contributed by atoms with E-state index in [1.165, 1.54) is 6.07 Å². The highest BCUT2D eigenvalue weighted by Crippen LogP contribution is 2.26. The molecule has 1 amide bonds. The summed E-state index contributed by atoms with van der Waals surface area (Å²) in [5, 5.41) is 18.9. The number of rotatable bonds is 4. The van der Waals surface area contributed by atoms with E-state index in [1.807, 2.05) is 12.1 Å². The highest BCUT2D eigenvalue weighted by molar-refractivity contribution is 5.85. The molecular weight excluding hydrogens is 415 g/mol. The molecule has 2 aromatic carbocycles. The van der Waals surface area contributed by atoms with Gasteiger partial charge in [0.05, 0.1) is 22.3 Å². The predicted molar refractivity (Wildman–Crippen MR) is 116 cm³/mol. The van der Waals surface area contributed by atoms with Crippen LogP contribution in [0, 0.1) is 5.82 Å². The van der Waals surface area contributed by atoms with Crippen molar-refractivity contribution >= 4 is 34.0 Å². The highest BCUT2D eigenvalue weighted by atomic mass is 19.1. The van der Waals surface area contributed by atoms with Crippen molar-refractivity contribution in [2.75, 3.05) is 5.32 Å². The van der Waals surface area contributed by atoms with Crippen LogP contribution in [-0.4, -0.2) is 36.3 Å². The third-order valence-corrected chi connectivity index (χ3v) is 5.02. The number of amides is 1. The molecule has 0 bridgehead atoms. The highest BCUT2D eigenvalue weighted by Gasteiger charge is 2.13. The minimum atomic E-state index is -1.26. The number of nitrogens with zero attached hydrogens (tertiary/aromatic N) is 3. The number of carboxylic acid groups (broad SMARTS) is 1. The van der Waals surface area contributed by atoms with Gasteiger partial charge in [-0.25, -0.2) is 19.3 Å². The second kappa shape index (κ2) is 7.58. The van der Waals surface area contributed by atoms with Crippen LogP contribution in [0.3, 0.4) is 0 Å². The number of hydrogen-bond donors (Lipinski definition) is 4. The molecule has 0 aliphatic heterocycles. The van der Waals surface area contributed by atoms with Crippen molar-refractivity contribution in [1.82, 2.24) is 25.1 Å². The van der Waals surface area contributed by atoms with Crippen LogP contribution in [-0.2, 0) is 6.42 Å². The molecule has 4 N–H and O–H groups in total. The predicted octanol–water partition coefficient (Wildman–Crippen LogP) is 3.68. The molecule has 0 saturated carbocycles. The Morgan fingerprint density at radius 2 is 1.88 bits per heavy atom. The van der Waals surface area contributed by atoms with E-state index < -0.39 is 11.9 Å². The van der Waals surface area contributed by atoms with Gasteiger partial charge in [0.25, 0.3) is 5.56 Å². The lowest BCUT2D eigenvalue weighted by atomic mass is 10.0. The van der Waals surface area contributed by atoms with E-state index in [9.17, 15) is 14.0 Å². The van der Waals surface area contributed by atoms with E-state index in [1.54, 1.807) is 36.4 Å². The first-order valence-corrected chi connectivity index (χ1v) is 9.60. The average Bonchev–Trinajstić information content (AvgIpc) is 3.18. The third-order valence-electron chi connectivity index (χ3n) is 5.02. The number of aromatic nitrogens is 5. The van der Waals surface area contributed by atoms with Gasteiger partial charge in [-0.3, -0.25) is 10.1 Å².